The van der Waals surface area contributed by atoms with Gasteiger partial charge < -0.3 is 10.4 Å². The lowest BCUT2D eigenvalue weighted by atomic mass is 10.1. The molecule has 4 nitrogen and oxygen atoms in total. The molecule has 0 saturated heterocycles. The molecule has 16 heavy (non-hydrogen) atoms. The summed E-state index contributed by atoms with van der Waals surface area (Å²) in [5.41, 5.74) is 1.70. The van der Waals surface area contributed by atoms with E-state index in [0.29, 0.717) is 18.5 Å². The van der Waals surface area contributed by atoms with E-state index >= 15 is 0 Å². The molecule has 0 spiro atoms. The summed E-state index contributed by atoms with van der Waals surface area (Å²) in [6.07, 6.45) is 0.529. The summed E-state index contributed by atoms with van der Waals surface area (Å²) >= 11 is 0. The lowest BCUT2D eigenvalue weighted by molar-refractivity contribution is -0.137. The molecule has 86 valence electrons. The molecule has 2 N–H and O–H groups in total. The molecule has 1 amide bonds. The maximum atomic E-state index is 11.5. The average molecular weight is 221 g/mol. The first-order valence-electron chi connectivity index (χ1n) is 5.16. The van der Waals surface area contributed by atoms with Crippen LogP contribution in [0.1, 0.15) is 28.8 Å². The van der Waals surface area contributed by atoms with Crippen LogP contribution in [0.15, 0.2) is 24.3 Å². The van der Waals surface area contributed by atoms with Crippen molar-refractivity contribution < 1.29 is 14.7 Å². The number of rotatable bonds is 5. The Kier molecular flexibility index (Phi) is 4.51. The van der Waals surface area contributed by atoms with E-state index in [1.54, 1.807) is 12.1 Å². The zero-order valence-electron chi connectivity index (χ0n) is 9.19. The van der Waals surface area contributed by atoms with Crippen molar-refractivity contribution in [1.82, 2.24) is 5.32 Å². The van der Waals surface area contributed by atoms with E-state index in [1.807, 2.05) is 19.1 Å². The molecular weight excluding hydrogens is 206 g/mol. The standard InChI is InChI=1S/C12H15NO3/c1-9-4-6-10(7-5-9)12(16)13-8-2-3-11(14)15/h4-7H,2-3,8H2,1H3,(H,13,16)(H,14,15). The lowest BCUT2D eigenvalue weighted by Gasteiger charge is -2.04. The number of aryl methyl sites for hydroxylation is 1. The van der Waals surface area contributed by atoms with Crippen molar-refractivity contribution in [3.8, 4) is 0 Å². The van der Waals surface area contributed by atoms with Crippen LogP contribution in [0.5, 0.6) is 0 Å². The van der Waals surface area contributed by atoms with Gasteiger partial charge >= 0.3 is 5.97 Å². The van der Waals surface area contributed by atoms with Crippen molar-refractivity contribution in [3.63, 3.8) is 0 Å². The number of aliphatic carboxylic acids is 1. The fourth-order valence-corrected chi connectivity index (χ4v) is 1.25. The van der Waals surface area contributed by atoms with E-state index in [-0.39, 0.29) is 12.3 Å². The third-order valence-electron chi connectivity index (χ3n) is 2.17. The normalized spacial score (nSPS) is 9.81. The van der Waals surface area contributed by atoms with Gasteiger partial charge in [0.1, 0.15) is 0 Å². The molecule has 1 rings (SSSR count). The van der Waals surface area contributed by atoms with Crippen LogP contribution in [-0.2, 0) is 4.79 Å². The van der Waals surface area contributed by atoms with Crippen molar-refractivity contribution in [1.29, 1.82) is 0 Å². The van der Waals surface area contributed by atoms with Crippen LogP contribution < -0.4 is 5.32 Å². The third-order valence-corrected chi connectivity index (χ3v) is 2.17. The van der Waals surface area contributed by atoms with Crippen molar-refractivity contribution in [2.75, 3.05) is 6.54 Å². The third kappa shape index (κ3) is 4.13. The first-order valence-corrected chi connectivity index (χ1v) is 5.16. The fraction of sp³-hybridized carbons (Fsp3) is 0.333. The zero-order chi connectivity index (χ0) is 12.0. The van der Waals surface area contributed by atoms with Gasteiger partial charge in [0.25, 0.3) is 5.91 Å². The van der Waals surface area contributed by atoms with Crippen LogP contribution in [0.3, 0.4) is 0 Å². The molecule has 0 saturated carbocycles. The molecule has 0 aromatic heterocycles. The van der Waals surface area contributed by atoms with Crippen molar-refractivity contribution in [2.45, 2.75) is 19.8 Å². The molecule has 1 aromatic rings. The molecule has 0 aliphatic heterocycles. The Morgan fingerprint density at radius 2 is 1.88 bits per heavy atom. The Balaban J connectivity index is 2.35. The monoisotopic (exact) mass is 221 g/mol. The minimum Gasteiger partial charge on any atom is -0.481 e. The number of carbonyl (C=O) groups is 2. The number of carbonyl (C=O) groups excluding carboxylic acids is 1. The van der Waals surface area contributed by atoms with Crippen LogP contribution in [0.25, 0.3) is 0 Å². The fourth-order valence-electron chi connectivity index (χ4n) is 1.25. The summed E-state index contributed by atoms with van der Waals surface area (Å²) in [5, 5.41) is 11.1. The molecule has 0 heterocycles. The minimum absolute atomic E-state index is 0.0776. The Morgan fingerprint density at radius 1 is 1.25 bits per heavy atom. The van der Waals surface area contributed by atoms with Gasteiger partial charge in [-0.15, -0.1) is 0 Å². The highest BCUT2D eigenvalue weighted by Gasteiger charge is 2.04. The van der Waals surface area contributed by atoms with E-state index < -0.39 is 5.97 Å². The Hall–Kier alpha value is -1.84. The van der Waals surface area contributed by atoms with Crippen molar-refractivity contribution >= 4 is 11.9 Å². The molecule has 4 heteroatoms. The van der Waals surface area contributed by atoms with Crippen molar-refractivity contribution in [3.05, 3.63) is 35.4 Å². The van der Waals surface area contributed by atoms with Crippen LogP contribution >= 0.6 is 0 Å². The van der Waals surface area contributed by atoms with Gasteiger partial charge in [-0.1, -0.05) is 17.7 Å². The number of carboxylic acid groups (broad SMARTS) is 1. The predicted octanol–water partition coefficient (Wildman–Crippen LogP) is 1.59. The van der Waals surface area contributed by atoms with E-state index in [1.165, 1.54) is 0 Å². The predicted molar refractivity (Wildman–Crippen MR) is 60.4 cm³/mol. The van der Waals surface area contributed by atoms with E-state index in [0.717, 1.165) is 5.56 Å². The van der Waals surface area contributed by atoms with Gasteiger partial charge in [-0.05, 0) is 25.5 Å². The van der Waals surface area contributed by atoms with Gasteiger partial charge in [0.2, 0.25) is 0 Å². The van der Waals surface area contributed by atoms with Crippen LogP contribution in [0.4, 0.5) is 0 Å². The summed E-state index contributed by atoms with van der Waals surface area (Å²) in [6.45, 7) is 2.34. The smallest absolute Gasteiger partial charge is 0.303 e. The second-order valence-corrected chi connectivity index (χ2v) is 3.62. The number of nitrogens with one attached hydrogen (secondary N) is 1. The molecular formula is C12H15NO3. The molecule has 0 aliphatic carbocycles. The first kappa shape index (κ1) is 12.2. The molecule has 0 atom stereocenters. The first-order chi connectivity index (χ1) is 7.59. The van der Waals surface area contributed by atoms with Gasteiger partial charge in [-0.2, -0.15) is 0 Å². The Bertz CT molecular complexity index is 370. The second-order valence-electron chi connectivity index (χ2n) is 3.62. The zero-order valence-corrected chi connectivity index (χ0v) is 9.19. The minimum atomic E-state index is -0.843. The summed E-state index contributed by atoms with van der Waals surface area (Å²) in [5.74, 6) is -1.00. The maximum Gasteiger partial charge on any atom is 0.303 e. The number of hydrogen-bond donors (Lipinski definition) is 2. The lowest BCUT2D eigenvalue weighted by Crippen LogP contribution is -2.24. The van der Waals surface area contributed by atoms with E-state index in [9.17, 15) is 9.59 Å². The van der Waals surface area contributed by atoms with E-state index in [4.69, 9.17) is 5.11 Å². The molecule has 0 bridgehead atoms. The van der Waals surface area contributed by atoms with Gasteiger partial charge in [-0.25, -0.2) is 0 Å². The summed E-state index contributed by atoms with van der Waals surface area (Å²) in [4.78, 5) is 21.8. The van der Waals surface area contributed by atoms with Gasteiger partial charge in [-0.3, -0.25) is 9.59 Å². The number of carboxylic acids is 1. The molecule has 0 radical (unpaired) electrons. The molecule has 0 fully saturated rings. The highest BCUT2D eigenvalue weighted by atomic mass is 16.4. The van der Waals surface area contributed by atoms with Gasteiger partial charge in [0.15, 0.2) is 0 Å². The van der Waals surface area contributed by atoms with Gasteiger partial charge in [0, 0.05) is 18.5 Å². The van der Waals surface area contributed by atoms with E-state index in [2.05, 4.69) is 5.32 Å². The highest BCUT2D eigenvalue weighted by molar-refractivity contribution is 5.94. The van der Waals surface area contributed by atoms with Gasteiger partial charge in [0.05, 0.1) is 0 Å². The Morgan fingerprint density at radius 3 is 2.44 bits per heavy atom. The number of amides is 1. The Labute approximate surface area is 94.3 Å². The molecule has 0 aliphatic rings. The number of benzene rings is 1. The largest absolute Gasteiger partial charge is 0.481 e. The SMILES string of the molecule is Cc1ccc(C(=O)NCCCC(=O)O)cc1. The highest BCUT2D eigenvalue weighted by Crippen LogP contribution is 2.02. The molecule has 1 aromatic carbocycles. The summed E-state index contributed by atoms with van der Waals surface area (Å²) in [7, 11) is 0. The topological polar surface area (TPSA) is 66.4 Å². The van der Waals surface area contributed by atoms with Crippen molar-refractivity contribution in [2.24, 2.45) is 0 Å². The average Bonchev–Trinajstić information content (AvgIpc) is 2.25. The second kappa shape index (κ2) is 5.90. The summed E-state index contributed by atoms with van der Waals surface area (Å²) < 4.78 is 0. The maximum absolute atomic E-state index is 11.5. The number of hydrogen-bond acceptors (Lipinski definition) is 2. The van der Waals surface area contributed by atoms with Crippen LogP contribution in [0, 0.1) is 6.92 Å². The molecule has 0 unspecified atom stereocenters. The van der Waals surface area contributed by atoms with Crippen LogP contribution in [-0.4, -0.2) is 23.5 Å². The quantitative estimate of drug-likeness (QED) is 0.742. The summed E-state index contributed by atoms with van der Waals surface area (Å²) in [6, 6.07) is 7.24. The van der Waals surface area contributed by atoms with Crippen LogP contribution in [0.2, 0.25) is 0 Å².